The van der Waals surface area contributed by atoms with Crippen molar-refractivity contribution < 1.29 is 19.8 Å². The maximum absolute atomic E-state index is 10.9. The quantitative estimate of drug-likeness (QED) is 0.225. The molecule has 0 saturated carbocycles. The van der Waals surface area contributed by atoms with Crippen LogP contribution in [0.1, 0.15) is 90.4 Å². The van der Waals surface area contributed by atoms with E-state index in [2.05, 4.69) is 6.92 Å². The Morgan fingerprint density at radius 1 is 0.792 bits per heavy atom. The van der Waals surface area contributed by atoms with Gasteiger partial charge in [0.1, 0.15) is 5.25 Å². The zero-order valence-electron chi connectivity index (χ0n) is 15.0. The van der Waals surface area contributed by atoms with E-state index in [0.717, 1.165) is 12.2 Å². The van der Waals surface area contributed by atoms with E-state index in [1.165, 1.54) is 92.2 Å². The normalized spacial score (nSPS) is 12.2. The molecule has 0 heterocycles. The topological polar surface area (TPSA) is 74.6 Å². The summed E-state index contributed by atoms with van der Waals surface area (Å²) in [5.74, 6) is -1.20. The van der Waals surface area contributed by atoms with Crippen molar-refractivity contribution in [3.63, 3.8) is 0 Å². The third-order valence-electron chi connectivity index (χ3n) is 3.90. The highest BCUT2D eigenvalue weighted by Crippen LogP contribution is 2.30. The predicted molar refractivity (Wildman–Crippen MR) is 105 cm³/mol. The fourth-order valence-corrected chi connectivity index (χ4v) is 4.91. The van der Waals surface area contributed by atoms with Gasteiger partial charge in [-0.1, -0.05) is 99.1 Å². The van der Waals surface area contributed by atoms with Gasteiger partial charge in [-0.2, -0.15) is 0 Å². The van der Waals surface area contributed by atoms with Crippen LogP contribution in [-0.2, 0) is 9.59 Å². The molecule has 0 fully saturated rings. The Bertz CT molecular complexity index is 324. The van der Waals surface area contributed by atoms with Gasteiger partial charge >= 0.3 is 11.9 Å². The molecule has 4 nitrogen and oxygen atoms in total. The van der Waals surface area contributed by atoms with Crippen LogP contribution in [0.4, 0.5) is 0 Å². The maximum atomic E-state index is 10.9. The third-order valence-corrected chi connectivity index (χ3v) is 6.70. The zero-order valence-corrected chi connectivity index (χ0v) is 16.6. The Morgan fingerprint density at radius 3 is 1.67 bits per heavy atom. The maximum Gasteiger partial charge on any atom is 0.318 e. The van der Waals surface area contributed by atoms with E-state index < -0.39 is 17.2 Å². The van der Waals surface area contributed by atoms with E-state index in [0.29, 0.717) is 0 Å². The highest BCUT2D eigenvalue weighted by Gasteiger charge is 2.21. The number of hydrogen-bond acceptors (Lipinski definition) is 4. The lowest BCUT2D eigenvalue weighted by Gasteiger charge is -2.08. The van der Waals surface area contributed by atoms with Crippen LogP contribution in [0.3, 0.4) is 0 Å². The van der Waals surface area contributed by atoms with E-state index in [-0.39, 0.29) is 6.42 Å². The fourth-order valence-electron chi connectivity index (χ4n) is 2.45. The van der Waals surface area contributed by atoms with Gasteiger partial charge in [0.2, 0.25) is 0 Å². The SMILES string of the molecule is CCCCCCCCCCCCCCSSC(CC(=O)O)C(=O)O. The molecule has 0 rings (SSSR count). The molecule has 6 heteroatoms. The van der Waals surface area contributed by atoms with Gasteiger partial charge in [-0.05, 0) is 6.42 Å². The molecule has 0 saturated heterocycles. The lowest BCUT2D eigenvalue weighted by molar-refractivity contribution is -0.142. The van der Waals surface area contributed by atoms with E-state index in [1.54, 1.807) is 0 Å². The lowest BCUT2D eigenvalue weighted by Crippen LogP contribution is -2.19. The number of rotatable bonds is 18. The highest BCUT2D eigenvalue weighted by atomic mass is 33.1. The van der Waals surface area contributed by atoms with Crippen molar-refractivity contribution >= 4 is 33.5 Å². The molecule has 0 aliphatic heterocycles. The zero-order chi connectivity index (χ0) is 18.0. The molecule has 0 aromatic carbocycles. The van der Waals surface area contributed by atoms with Crippen LogP contribution in [0.5, 0.6) is 0 Å². The van der Waals surface area contributed by atoms with E-state index >= 15 is 0 Å². The van der Waals surface area contributed by atoms with Crippen molar-refractivity contribution in [2.45, 2.75) is 95.6 Å². The molecule has 0 aliphatic carbocycles. The molecular weight excluding hydrogens is 344 g/mol. The molecule has 0 amide bonds. The van der Waals surface area contributed by atoms with E-state index in [1.807, 2.05) is 0 Å². The largest absolute Gasteiger partial charge is 0.481 e. The lowest BCUT2D eigenvalue weighted by atomic mass is 10.1. The van der Waals surface area contributed by atoms with Crippen molar-refractivity contribution in [1.82, 2.24) is 0 Å². The number of hydrogen-bond donors (Lipinski definition) is 2. The molecular formula is C18H34O4S2. The van der Waals surface area contributed by atoms with Gasteiger partial charge < -0.3 is 10.2 Å². The smallest absolute Gasteiger partial charge is 0.318 e. The first kappa shape index (κ1) is 23.6. The molecule has 0 radical (unpaired) electrons. The van der Waals surface area contributed by atoms with Crippen LogP contribution in [0, 0.1) is 0 Å². The summed E-state index contributed by atoms with van der Waals surface area (Å²) < 4.78 is 0. The summed E-state index contributed by atoms with van der Waals surface area (Å²) in [6.07, 6.45) is 15.4. The van der Waals surface area contributed by atoms with Crippen LogP contribution >= 0.6 is 21.6 Å². The average Bonchev–Trinajstić information content (AvgIpc) is 2.53. The second-order valence-electron chi connectivity index (χ2n) is 6.23. The summed E-state index contributed by atoms with van der Waals surface area (Å²) in [7, 11) is 2.66. The van der Waals surface area contributed by atoms with Gasteiger partial charge in [-0.15, -0.1) is 0 Å². The van der Waals surface area contributed by atoms with Crippen molar-refractivity contribution in [3.8, 4) is 0 Å². The van der Waals surface area contributed by atoms with E-state index in [4.69, 9.17) is 10.2 Å². The molecule has 142 valence electrons. The molecule has 0 aliphatic rings. The molecule has 1 atom stereocenters. The Balaban J connectivity index is 3.30. The first-order valence-corrected chi connectivity index (χ1v) is 11.7. The Hall–Kier alpha value is -0.360. The molecule has 24 heavy (non-hydrogen) atoms. The van der Waals surface area contributed by atoms with Crippen LogP contribution < -0.4 is 0 Å². The second-order valence-corrected chi connectivity index (χ2v) is 8.92. The van der Waals surface area contributed by atoms with Gasteiger partial charge in [-0.25, -0.2) is 0 Å². The summed E-state index contributed by atoms with van der Waals surface area (Å²) in [6.45, 7) is 2.25. The minimum absolute atomic E-state index is 0.314. The van der Waals surface area contributed by atoms with Gasteiger partial charge in [0.25, 0.3) is 0 Å². The van der Waals surface area contributed by atoms with Crippen LogP contribution in [-0.4, -0.2) is 33.2 Å². The minimum Gasteiger partial charge on any atom is -0.481 e. The summed E-state index contributed by atoms with van der Waals surface area (Å²) in [5.41, 5.74) is 0. The van der Waals surface area contributed by atoms with Crippen LogP contribution in [0.2, 0.25) is 0 Å². The molecule has 0 aromatic heterocycles. The second kappa shape index (κ2) is 17.5. The van der Waals surface area contributed by atoms with Crippen molar-refractivity contribution in [2.75, 3.05) is 5.75 Å². The van der Waals surface area contributed by atoms with Crippen molar-refractivity contribution in [1.29, 1.82) is 0 Å². The van der Waals surface area contributed by atoms with Gasteiger partial charge in [0.15, 0.2) is 0 Å². The third kappa shape index (κ3) is 16.5. The predicted octanol–water partition coefficient (Wildman–Crippen LogP) is 6.00. The summed E-state index contributed by atoms with van der Waals surface area (Å²) in [4.78, 5) is 21.5. The van der Waals surface area contributed by atoms with Crippen molar-refractivity contribution in [3.05, 3.63) is 0 Å². The molecule has 0 bridgehead atoms. The molecule has 0 aromatic rings. The van der Waals surface area contributed by atoms with Crippen LogP contribution in [0.25, 0.3) is 0 Å². The minimum atomic E-state index is -1.05. The molecule has 0 spiro atoms. The van der Waals surface area contributed by atoms with Gasteiger partial charge in [-0.3, -0.25) is 9.59 Å². The summed E-state index contributed by atoms with van der Waals surface area (Å²) in [5, 5.41) is 16.7. The fraction of sp³-hybridized carbons (Fsp3) is 0.889. The summed E-state index contributed by atoms with van der Waals surface area (Å²) in [6, 6.07) is 0. The summed E-state index contributed by atoms with van der Waals surface area (Å²) >= 11 is 0. The van der Waals surface area contributed by atoms with Gasteiger partial charge in [0.05, 0.1) is 6.42 Å². The number of carboxylic acids is 2. The first-order chi connectivity index (χ1) is 11.6. The number of carbonyl (C=O) groups is 2. The van der Waals surface area contributed by atoms with Gasteiger partial charge in [0, 0.05) is 5.75 Å². The van der Waals surface area contributed by atoms with E-state index in [9.17, 15) is 9.59 Å². The Morgan fingerprint density at radius 2 is 1.25 bits per heavy atom. The Kier molecular flexibility index (Phi) is 17.2. The number of carboxylic acid groups (broad SMARTS) is 2. The van der Waals surface area contributed by atoms with Crippen LogP contribution in [0.15, 0.2) is 0 Å². The Labute approximate surface area is 155 Å². The highest BCUT2D eigenvalue weighted by molar-refractivity contribution is 8.77. The average molecular weight is 379 g/mol. The first-order valence-electron chi connectivity index (χ1n) is 9.30. The number of unbranched alkanes of at least 4 members (excludes halogenated alkanes) is 11. The molecule has 1 unspecified atom stereocenters. The standard InChI is InChI=1S/C18H34O4S2/c1-2-3-4-5-6-7-8-9-10-11-12-13-14-23-24-16(18(21)22)15-17(19)20/h16H,2-15H2,1H3,(H,19,20)(H,21,22). The molecule has 2 N–H and O–H groups in total. The monoisotopic (exact) mass is 378 g/mol. The number of aliphatic carboxylic acids is 2. The van der Waals surface area contributed by atoms with Crippen molar-refractivity contribution in [2.24, 2.45) is 0 Å².